The van der Waals surface area contributed by atoms with Crippen LogP contribution in [0.25, 0.3) is 0 Å². The Morgan fingerprint density at radius 1 is 1.29 bits per heavy atom. The molecule has 0 saturated heterocycles. The Bertz CT molecular complexity index is 232. The number of carbonyl (C=O) groups is 1. The van der Waals surface area contributed by atoms with E-state index in [1.165, 1.54) is 6.42 Å². The molecule has 1 aliphatic rings. The molecule has 0 aromatic heterocycles. The zero-order chi connectivity index (χ0) is 12.8. The van der Waals surface area contributed by atoms with Crippen molar-refractivity contribution in [1.29, 1.82) is 0 Å². The first-order chi connectivity index (χ1) is 8.01. The molecule has 0 aromatic carbocycles. The van der Waals surface area contributed by atoms with E-state index >= 15 is 0 Å². The Labute approximate surface area is 105 Å². The van der Waals surface area contributed by atoms with E-state index in [1.807, 2.05) is 0 Å². The third kappa shape index (κ3) is 5.53. The summed E-state index contributed by atoms with van der Waals surface area (Å²) >= 11 is 0. The Balaban J connectivity index is 2.25. The first kappa shape index (κ1) is 14.5. The van der Waals surface area contributed by atoms with Crippen LogP contribution >= 0.6 is 0 Å². The molecular formula is C14H27NO2. The zero-order valence-corrected chi connectivity index (χ0v) is 11.4. The maximum absolute atomic E-state index is 11.7. The maximum Gasteiger partial charge on any atom is 0.306 e. The van der Waals surface area contributed by atoms with Crippen molar-refractivity contribution in [2.45, 2.75) is 59.0 Å². The summed E-state index contributed by atoms with van der Waals surface area (Å²) in [5.41, 5.74) is 5.53. The van der Waals surface area contributed by atoms with Gasteiger partial charge in [0.15, 0.2) is 0 Å². The zero-order valence-electron chi connectivity index (χ0n) is 11.4. The molecule has 3 atom stereocenters. The minimum absolute atomic E-state index is 0.0448. The summed E-state index contributed by atoms with van der Waals surface area (Å²) in [5, 5.41) is 0. The van der Waals surface area contributed by atoms with Crippen LogP contribution < -0.4 is 5.73 Å². The Morgan fingerprint density at radius 2 is 1.88 bits per heavy atom. The molecule has 0 aliphatic heterocycles. The lowest BCUT2D eigenvalue weighted by molar-refractivity contribution is -0.152. The van der Waals surface area contributed by atoms with Crippen LogP contribution in [-0.4, -0.2) is 18.6 Å². The van der Waals surface area contributed by atoms with Crippen molar-refractivity contribution in [2.75, 3.05) is 6.54 Å². The van der Waals surface area contributed by atoms with Gasteiger partial charge in [0.2, 0.25) is 0 Å². The summed E-state index contributed by atoms with van der Waals surface area (Å²) in [6.45, 7) is 7.20. The molecule has 0 spiro atoms. The number of hydrogen-bond acceptors (Lipinski definition) is 3. The van der Waals surface area contributed by atoms with E-state index in [0.717, 1.165) is 19.3 Å². The highest BCUT2D eigenvalue weighted by molar-refractivity contribution is 5.69. The molecule has 3 unspecified atom stereocenters. The fraction of sp³-hybridized carbons (Fsp3) is 0.929. The maximum atomic E-state index is 11.7. The van der Waals surface area contributed by atoms with Crippen LogP contribution in [0.4, 0.5) is 0 Å². The van der Waals surface area contributed by atoms with Gasteiger partial charge < -0.3 is 10.5 Å². The van der Waals surface area contributed by atoms with Gasteiger partial charge >= 0.3 is 5.97 Å². The molecule has 2 N–H and O–H groups in total. The van der Waals surface area contributed by atoms with Crippen molar-refractivity contribution in [3.63, 3.8) is 0 Å². The predicted octanol–water partition coefficient (Wildman–Crippen LogP) is 2.73. The number of carbonyl (C=O) groups excluding carboxylic acids is 1. The van der Waals surface area contributed by atoms with Crippen molar-refractivity contribution in [2.24, 2.45) is 23.5 Å². The number of rotatable bonds is 5. The molecule has 0 bridgehead atoms. The van der Waals surface area contributed by atoms with Gasteiger partial charge in [0.1, 0.15) is 6.10 Å². The summed E-state index contributed by atoms with van der Waals surface area (Å²) in [6.07, 6.45) is 4.82. The highest BCUT2D eigenvalue weighted by Gasteiger charge is 2.26. The predicted molar refractivity (Wildman–Crippen MR) is 69.5 cm³/mol. The summed E-state index contributed by atoms with van der Waals surface area (Å²) in [4.78, 5) is 11.7. The van der Waals surface area contributed by atoms with Gasteiger partial charge in [-0.3, -0.25) is 4.79 Å². The van der Waals surface area contributed by atoms with Gasteiger partial charge in [-0.2, -0.15) is 0 Å². The van der Waals surface area contributed by atoms with Gasteiger partial charge in [-0.25, -0.2) is 0 Å². The van der Waals surface area contributed by atoms with Crippen LogP contribution in [0.3, 0.4) is 0 Å². The van der Waals surface area contributed by atoms with Gasteiger partial charge in [-0.05, 0) is 50.0 Å². The minimum Gasteiger partial charge on any atom is -0.462 e. The van der Waals surface area contributed by atoms with Gasteiger partial charge in [0, 0.05) is 6.42 Å². The van der Waals surface area contributed by atoms with Crippen molar-refractivity contribution in [3.05, 3.63) is 0 Å². The fourth-order valence-electron chi connectivity index (χ4n) is 2.70. The molecule has 3 heteroatoms. The molecular weight excluding hydrogens is 214 g/mol. The molecule has 100 valence electrons. The Hall–Kier alpha value is -0.570. The van der Waals surface area contributed by atoms with Crippen LogP contribution in [0.1, 0.15) is 52.9 Å². The van der Waals surface area contributed by atoms with E-state index in [0.29, 0.717) is 30.7 Å². The largest absolute Gasteiger partial charge is 0.462 e. The summed E-state index contributed by atoms with van der Waals surface area (Å²) in [6, 6.07) is 0. The molecule has 0 aromatic rings. The second-order valence-electron chi connectivity index (χ2n) is 5.91. The van der Waals surface area contributed by atoms with E-state index in [9.17, 15) is 4.79 Å². The lowest BCUT2D eigenvalue weighted by Gasteiger charge is -2.31. The molecule has 0 amide bonds. The summed E-state index contributed by atoms with van der Waals surface area (Å²) in [7, 11) is 0. The van der Waals surface area contributed by atoms with Crippen LogP contribution in [0.2, 0.25) is 0 Å². The van der Waals surface area contributed by atoms with Crippen LogP contribution in [-0.2, 0) is 9.53 Å². The summed E-state index contributed by atoms with van der Waals surface area (Å²) < 4.78 is 5.55. The molecule has 1 saturated carbocycles. The monoisotopic (exact) mass is 241 g/mol. The second kappa shape index (κ2) is 7.00. The van der Waals surface area contributed by atoms with Crippen LogP contribution in [0, 0.1) is 17.8 Å². The topological polar surface area (TPSA) is 52.3 Å². The first-order valence-corrected chi connectivity index (χ1v) is 6.90. The van der Waals surface area contributed by atoms with E-state index in [4.69, 9.17) is 10.5 Å². The molecule has 0 heterocycles. The fourth-order valence-corrected chi connectivity index (χ4v) is 2.70. The quantitative estimate of drug-likeness (QED) is 0.753. The minimum atomic E-state index is -0.0448. The van der Waals surface area contributed by atoms with E-state index in [2.05, 4.69) is 20.8 Å². The average molecular weight is 241 g/mol. The van der Waals surface area contributed by atoms with E-state index < -0.39 is 0 Å². The smallest absolute Gasteiger partial charge is 0.306 e. The van der Waals surface area contributed by atoms with E-state index in [1.54, 1.807) is 0 Å². The van der Waals surface area contributed by atoms with Crippen LogP contribution in [0.5, 0.6) is 0 Å². The molecule has 3 nitrogen and oxygen atoms in total. The number of ether oxygens (including phenoxy) is 1. The van der Waals surface area contributed by atoms with Crippen molar-refractivity contribution in [1.82, 2.24) is 0 Å². The second-order valence-corrected chi connectivity index (χ2v) is 5.91. The first-order valence-electron chi connectivity index (χ1n) is 6.90. The molecule has 1 rings (SSSR count). The molecule has 0 radical (unpaired) electrons. The number of hydrogen-bond donors (Lipinski definition) is 1. The number of esters is 1. The highest BCUT2D eigenvalue weighted by atomic mass is 16.5. The average Bonchev–Trinajstić information content (AvgIpc) is 2.24. The highest BCUT2D eigenvalue weighted by Crippen LogP contribution is 2.30. The molecule has 17 heavy (non-hydrogen) atoms. The summed E-state index contributed by atoms with van der Waals surface area (Å²) in [5.74, 6) is 1.72. The van der Waals surface area contributed by atoms with Gasteiger partial charge in [0.05, 0.1) is 0 Å². The normalized spacial score (nSPS) is 30.9. The molecule has 1 aliphatic carbocycles. The van der Waals surface area contributed by atoms with E-state index in [-0.39, 0.29) is 12.1 Å². The van der Waals surface area contributed by atoms with Crippen molar-refractivity contribution in [3.8, 4) is 0 Å². The Kier molecular flexibility index (Phi) is 5.96. The number of nitrogens with two attached hydrogens (primary N) is 1. The Morgan fingerprint density at radius 3 is 2.41 bits per heavy atom. The van der Waals surface area contributed by atoms with Crippen LogP contribution in [0.15, 0.2) is 0 Å². The standard InChI is InChI=1S/C14H27NO2/c1-10(9-15)4-5-14(16)17-13-7-11(2)6-12(3)8-13/h10-13H,4-9,15H2,1-3H3. The lowest BCUT2D eigenvalue weighted by Crippen LogP contribution is -2.28. The van der Waals surface area contributed by atoms with Gasteiger partial charge in [-0.1, -0.05) is 20.8 Å². The third-order valence-electron chi connectivity index (χ3n) is 3.68. The lowest BCUT2D eigenvalue weighted by atomic mass is 9.82. The molecule has 1 fully saturated rings. The van der Waals surface area contributed by atoms with Gasteiger partial charge in [0.25, 0.3) is 0 Å². The SMILES string of the molecule is CC(CN)CCC(=O)OC1CC(C)CC(C)C1. The third-order valence-corrected chi connectivity index (χ3v) is 3.68. The van der Waals surface area contributed by atoms with Crippen molar-refractivity contribution >= 4 is 5.97 Å². The van der Waals surface area contributed by atoms with Gasteiger partial charge in [-0.15, -0.1) is 0 Å². The van der Waals surface area contributed by atoms with Crippen molar-refractivity contribution < 1.29 is 9.53 Å².